The van der Waals surface area contributed by atoms with Crippen LogP contribution in [0, 0.1) is 5.82 Å². The van der Waals surface area contributed by atoms with Gasteiger partial charge in [-0.25, -0.2) is 12.8 Å². The number of carbonyl (C=O) groups is 2. The second kappa shape index (κ2) is 8.05. The summed E-state index contributed by atoms with van der Waals surface area (Å²) >= 11 is 6.77. The van der Waals surface area contributed by atoms with E-state index in [1.54, 1.807) is 6.07 Å². The predicted molar refractivity (Wildman–Crippen MR) is 90.8 cm³/mol. The number of carbonyl (C=O) groups excluding carboxylic acids is 2. The van der Waals surface area contributed by atoms with Crippen molar-refractivity contribution >= 4 is 44.7 Å². The quantitative estimate of drug-likeness (QED) is 0.522. The first-order chi connectivity index (χ1) is 11.7. The van der Waals surface area contributed by atoms with Gasteiger partial charge < -0.3 is 4.74 Å². The van der Waals surface area contributed by atoms with E-state index >= 15 is 0 Å². The zero-order valence-corrected chi connectivity index (χ0v) is 15.3. The summed E-state index contributed by atoms with van der Waals surface area (Å²) in [5.74, 6) is -1.90. The molecular formula is C15H13ClFNO5S2. The van der Waals surface area contributed by atoms with Gasteiger partial charge in [0.15, 0.2) is 6.61 Å². The van der Waals surface area contributed by atoms with Crippen LogP contribution in [0.4, 0.5) is 4.39 Å². The number of hydrogen-bond donors (Lipinski definition) is 0. The van der Waals surface area contributed by atoms with E-state index < -0.39 is 40.7 Å². The van der Waals surface area contributed by atoms with E-state index in [1.165, 1.54) is 13.1 Å². The van der Waals surface area contributed by atoms with Crippen molar-refractivity contribution in [1.29, 1.82) is 0 Å². The number of sulfonamides is 1. The number of ether oxygens (including phenoxy) is 1. The molecule has 0 aliphatic heterocycles. The molecule has 6 nitrogen and oxygen atoms in total. The number of esters is 1. The lowest BCUT2D eigenvalue weighted by atomic mass is 10.3. The van der Waals surface area contributed by atoms with E-state index in [9.17, 15) is 22.4 Å². The molecule has 0 saturated carbocycles. The summed E-state index contributed by atoms with van der Waals surface area (Å²) in [4.78, 5) is 23.7. The molecule has 0 saturated heterocycles. The van der Waals surface area contributed by atoms with Crippen LogP contribution in [-0.4, -0.2) is 44.7 Å². The average Bonchev–Trinajstić information content (AvgIpc) is 2.99. The molecule has 2 rings (SSSR count). The molecule has 10 heteroatoms. The largest absolute Gasteiger partial charge is 0.456 e. The maximum absolute atomic E-state index is 12.9. The molecule has 0 N–H and O–H groups in total. The van der Waals surface area contributed by atoms with Crippen molar-refractivity contribution in [2.45, 2.75) is 4.90 Å². The Bertz CT molecular complexity index is 880. The molecule has 2 aromatic rings. The molecule has 0 bridgehead atoms. The molecule has 0 radical (unpaired) electrons. The van der Waals surface area contributed by atoms with Gasteiger partial charge in [-0.15, -0.1) is 11.3 Å². The van der Waals surface area contributed by atoms with Crippen LogP contribution < -0.4 is 0 Å². The molecule has 0 fully saturated rings. The molecule has 0 spiro atoms. The highest BCUT2D eigenvalue weighted by atomic mass is 35.5. The van der Waals surface area contributed by atoms with Crippen LogP contribution in [-0.2, 0) is 19.6 Å². The van der Waals surface area contributed by atoms with Crippen LogP contribution in [0.3, 0.4) is 0 Å². The third-order valence-corrected chi connectivity index (χ3v) is 6.18. The SMILES string of the molecule is CN(CC(=O)OCC(=O)c1ccc(Cl)s1)S(=O)(=O)c1ccc(F)cc1. The zero-order valence-electron chi connectivity index (χ0n) is 12.9. The van der Waals surface area contributed by atoms with E-state index in [-0.39, 0.29) is 4.90 Å². The number of hydrogen-bond acceptors (Lipinski definition) is 6. The topological polar surface area (TPSA) is 80.8 Å². The lowest BCUT2D eigenvalue weighted by Crippen LogP contribution is -2.33. The van der Waals surface area contributed by atoms with Crippen LogP contribution in [0.5, 0.6) is 0 Å². The van der Waals surface area contributed by atoms with Gasteiger partial charge in [-0.3, -0.25) is 9.59 Å². The fraction of sp³-hybridized carbons (Fsp3) is 0.200. The van der Waals surface area contributed by atoms with E-state index in [0.717, 1.165) is 39.9 Å². The lowest BCUT2D eigenvalue weighted by Gasteiger charge is -2.16. The van der Waals surface area contributed by atoms with Crippen LogP contribution >= 0.6 is 22.9 Å². The molecule has 0 unspecified atom stereocenters. The predicted octanol–water partition coefficient (Wildman–Crippen LogP) is 2.59. The number of rotatable bonds is 7. The Labute approximate surface area is 152 Å². The normalized spacial score (nSPS) is 11.5. The first-order valence-electron chi connectivity index (χ1n) is 6.86. The molecule has 134 valence electrons. The molecule has 0 aliphatic rings. The Morgan fingerprint density at radius 2 is 1.84 bits per heavy atom. The minimum Gasteiger partial charge on any atom is -0.456 e. The fourth-order valence-corrected chi connectivity index (χ4v) is 3.86. The Balaban J connectivity index is 1.93. The van der Waals surface area contributed by atoms with Gasteiger partial charge in [-0.1, -0.05) is 11.6 Å². The molecular weight excluding hydrogens is 393 g/mol. The zero-order chi connectivity index (χ0) is 18.6. The molecule has 0 aliphatic carbocycles. The Morgan fingerprint density at radius 3 is 2.40 bits per heavy atom. The molecule has 25 heavy (non-hydrogen) atoms. The third-order valence-electron chi connectivity index (χ3n) is 3.09. The van der Waals surface area contributed by atoms with Gasteiger partial charge in [-0.05, 0) is 36.4 Å². The first kappa shape index (κ1) is 19.5. The Kier molecular flexibility index (Phi) is 6.28. The highest BCUT2D eigenvalue weighted by Crippen LogP contribution is 2.21. The third kappa shape index (κ3) is 5.08. The first-order valence-corrected chi connectivity index (χ1v) is 9.49. The van der Waals surface area contributed by atoms with E-state index in [0.29, 0.717) is 9.21 Å². The molecule has 0 atom stereocenters. The maximum Gasteiger partial charge on any atom is 0.321 e. The fourth-order valence-electron chi connectivity index (χ4n) is 1.78. The van der Waals surface area contributed by atoms with Gasteiger partial charge in [0, 0.05) is 7.05 Å². The van der Waals surface area contributed by atoms with Gasteiger partial charge in [0.25, 0.3) is 0 Å². The lowest BCUT2D eigenvalue weighted by molar-refractivity contribution is -0.142. The van der Waals surface area contributed by atoms with Crippen molar-refractivity contribution in [3.8, 4) is 0 Å². The number of Topliss-reactive ketones (excluding diaryl/α,β-unsaturated/α-hetero) is 1. The number of likely N-dealkylation sites (N-methyl/N-ethyl adjacent to an activating group) is 1. The van der Waals surface area contributed by atoms with Crippen molar-refractivity contribution in [2.75, 3.05) is 20.2 Å². The van der Waals surface area contributed by atoms with Gasteiger partial charge in [0.1, 0.15) is 12.4 Å². The Hall–Kier alpha value is -1.81. The maximum atomic E-state index is 12.9. The monoisotopic (exact) mass is 405 g/mol. The summed E-state index contributed by atoms with van der Waals surface area (Å²) in [7, 11) is -2.79. The molecule has 1 heterocycles. The van der Waals surface area contributed by atoms with Gasteiger partial charge >= 0.3 is 5.97 Å². The standard InChI is InChI=1S/C15H13ClFNO5S2/c1-18(25(21,22)11-4-2-10(17)3-5-11)8-15(20)23-9-12(19)13-6-7-14(16)24-13/h2-7H,8-9H2,1H3. The van der Waals surface area contributed by atoms with Crippen LogP contribution in [0.25, 0.3) is 0 Å². The van der Waals surface area contributed by atoms with Crippen molar-refractivity contribution in [2.24, 2.45) is 0 Å². The summed E-state index contributed by atoms with van der Waals surface area (Å²) in [6.07, 6.45) is 0. The second-order valence-corrected chi connectivity index (χ2v) is 8.66. The smallest absolute Gasteiger partial charge is 0.321 e. The number of ketones is 1. The van der Waals surface area contributed by atoms with Crippen LogP contribution in [0.15, 0.2) is 41.3 Å². The van der Waals surface area contributed by atoms with Gasteiger partial charge in [0.05, 0.1) is 14.1 Å². The van der Waals surface area contributed by atoms with Crippen molar-refractivity contribution in [3.05, 3.63) is 51.4 Å². The van der Waals surface area contributed by atoms with Crippen molar-refractivity contribution in [1.82, 2.24) is 4.31 Å². The number of halogens is 2. The van der Waals surface area contributed by atoms with E-state index in [2.05, 4.69) is 0 Å². The minimum atomic E-state index is -3.97. The molecule has 0 amide bonds. The van der Waals surface area contributed by atoms with Crippen LogP contribution in [0.1, 0.15) is 9.67 Å². The number of nitrogens with zero attached hydrogens (tertiary/aromatic N) is 1. The highest BCUT2D eigenvalue weighted by molar-refractivity contribution is 7.89. The Morgan fingerprint density at radius 1 is 1.20 bits per heavy atom. The number of benzene rings is 1. The van der Waals surface area contributed by atoms with Gasteiger partial charge in [0.2, 0.25) is 15.8 Å². The summed E-state index contributed by atoms with van der Waals surface area (Å²) < 4.78 is 43.4. The van der Waals surface area contributed by atoms with Crippen molar-refractivity contribution < 1.29 is 27.1 Å². The average molecular weight is 406 g/mol. The van der Waals surface area contributed by atoms with E-state index in [4.69, 9.17) is 16.3 Å². The highest BCUT2D eigenvalue weighted by Gasteiger charge is 2.24. The second-order valence-electron chi connectivity index (χ2n) is 4.90. The number of thiophene rings is 1. The van der Waals surface area contributed by atoms with Crippen LogP contribution in [0.2, 0.25) is 4.34 Å². The summed E-state index contributed by atoms with van der Waals surface area (Å²) in [5.41, 5.74) is 0. The van der Waals surface area contributed by atoms with E-state index in [1.807, 2.05) is 0 Å². The minimum absolute atomic E-state index is 0.159. The summed E-state index contributed by atoms with van der Waals surface area (Å²) in [5, 5.41) is 0. The molecule has 1 aromatic heterocycles. The molecule has 1 aromatic carbocycles. The summed E-state index contributed by atoms with van der Waals surface area (Å²) in [6.45, 7) is -1.10. The summed E-state index contributed by atoms with van der Waals surface area (Å²) in [6, 6.07) is 7.25. The van der Waals surface area contributed by atoms with Gasteiger partial charge in [-0.2, -0.15) is 4.31 Å². The van der Waals surface area contributed by atoms with Crippen molar-refractivity contribution in [3.63, 3.8) is 0 Å².